The molecule has 1 aliphatic rings. The number of benzene rings is 2. The molecular formula is C23H27N3O5. The lowest BCUT2D eigenvalue weighted by Gasteiger charge is -2.26. The second-order valence-electron chi connectivity index (χ2n) is 7.69. The van der Waals surface area contributed by atoms with Crippen LogP contribution in [0.5, 0.6) is 0 Å². The standard InChI is InChI=1S/C23H27N3O5/c1-17-6-7-20-21(14-17)31-23(28)26(20)16-18-4-2-5-19(15-18)24-22(27)30-11-3-8-25-9-12-29-13-10-25/h2,4-7,14-15H,3,8-13,16H2,1H3,(H,24,27). The Kier molecular flexibility index (Phi) is 6.69. The van der Waals surface area contributed by atoms with E-state index in [1.165, 1.54) is 0 Å². The highest BCUT2D eigenvalue weighted by Crippen LogP contribution is 2.18. The predicted molar refractivity (Wildman–Crippen MR) is 118 cm³/mol. The van der Waals surface area contributed by atoms with E-state index in [4.69, 9.17) is 13.9 Å². The number of carbonyl (C=O) groups excluding carboxylic acids is 1. The largest absolute Gasteiger partial charge is 0.449 e. The maximum Gasteiger partial charge on any atom is 0.420 e. The maximum atomic E-state index is 12.3. The Morgan fingerprint density at radius 1 is 1.16 bits per heavy atom. The van der Waals surface area contributed by atoms with Gasteiger partial charge in [-0.3, -0.25) is 14.8 Å². The Bertz CT molecular complexity index is 1100. The van der Waals surface area contributed by atoms with Crippen LogP contribution in [0.25, 0.3) is 11.1 Å². The lowest BCUT2D eigenvalue weighted by atomic mass is 10.2. The Morgan fingerprint density at radius 3 is 2.84 bits per heavy atom. The minimum Gasteiger partial charge on any atom is -0.449 e. The molecule has 3 aromatic rings. The van der Waals surface area contributed by atoms with E-state index in [0.29, 0.717) is 24.4 Å². The smallest absolute Gasteiger partial charge is 0.420 e. The molecule has 1 aromatic heterocycles. The summed E-state index contributed by atoms with van der Waals surface area (Å²) < 4.78 is 17.6. The molecule has 2 heterocycles. The molecule has 31 heavy (non-hydrogen) atoms. The minimum atomic E-state index is -0.486. The molecule has 8 heteroatoms. The van der Waals surface area contributed by atoms with Gasteiger partial charge in [0, 0.05) is 25.3 Å². The Balaban J connectivity index is 1.31. The van der Waals surface area contributed by atoms with Crippen LogP contribution in [0, 0.1) is 6.92 Å². The van der Waals surface area contributed by atoms with Gasteiger partial charge in [-0.1, -0.05) is 18.2 Å². The molecule has 0 atom stereocenters. The third kappa shape index (κ3) is 5.53. The van der Waals surface area contributed by atoms with Crippen molar-refractivity contribution in [1.82, 2.24) is 9.47 Å². The average Bonchev–Trinajstić information content (AvgIpc) is 3.06. The van der Waals surface area contributed by atoms with Gasteiger partial charge in [0.05, 0.1) is 31.9 Å². The molecule has 1 fully saturated rings. The molecule has 0 unspecified atom stereocenters. The van der Waals surface area contributed by atoms with Crippen molar-refractivity contribution < 1.29 is 18.7 Å². The summed E-state index contributed by atoms with van der Waals surface area (Å²) in [6.45, 7) is 6.92. The number of aromatic nitrogens is 1. The molecule has 0 spiro atoms. The molecule has 0 radical (unpaired) electrons. The van der Waals surface area contributed by atoms with Gasteiger partial charge >= 0.3 is 11.8 Å². The first-order chi connectivity index (χ1) is 15.1. The second kappa shape index (κ2) is 9.80. The zero-order valence-corrected chi connectivity index (χ0v) is 17.6. The monoisotopic (exact) mass is 425 g/mol. The molecule has 0 saturated carbocycles. The lowest BCUT2D eigenvalue weighted by Crippen LogP contribution is -2.37. The van der Waals surface area contributed by atoms with Gasteiger partial charge in [0.1, 0.15) is 0 Å². The number of hydrogen-bond acceptors (Lipinski definition) is 6. The number of nitrogens with one attached hydrogen (secondary N) is 1. The van der Waals surface area contributed by atoms with E-state index in [9.17, 15) is 9.59 Å². The fraction of sp³-hybridized carbons (Fsp3) is 0.391. The van der Waals surface area contributed by atoms with Gasteiger partial charge in [-0.25, -0.2) is 9.59 Å². The number of oxazole rings is 1. The van der Waals surface area contributed by atoms with E-state index in [-0.39, 0.29) is 0 Å². The van der Waals surface area contributed by atoms with E-state index in [1.54, 1.807) is 10.6 Å². The minimum absolute atomic E-state index is 0.346. The number of fused-ring (bicyclic) bond motifs is 1. The fourth-order valence-electron chi connectivity index (χ4n) is 3.69. The Hall–Kier alpha value is -3.10. The molecular weight excluding hydrogens is 398 g/mol. The van der Waals surface area contributed by atoms with Crippen LogP contribution in [-0.2, 0) is 16.0 Å². The number of anilines is 1. The third-order valence-corrected chi connectivity index (χ3v) is 5.29. The normalized spacial score (nSPS) is 14.6. The Labute approximate surface area is 180 Å². The molecule has 1 saturated heterocycles. The third-order valence-electron chi connectivity index (χ3n) is 5.29. The van der Waals surface area contributed by atoms with Crippen LogP contribution in [-0.4, -0.2) is 55.0 Å². The first-order valence-corrected chi connectivity index (χ1v) is 10.5. The lowest BCUT2D eigenvalue weighted by molar-refractivity contribution is 0.0348. The number of rotatable bonds is 7. The van der Waals surface area contributed by atoms with Crippen molar-refractivity contribution in [2.24, 2.45) is 0 Å². The molecule has 0 bridgehead atoms. The van der Waals surface area contributed by atoms with E-state index in [1.807, 2.05) is 43.3 Å². The first-order valence-electron chi connectivity index (χ1n) is 10.5. The van der Waals surface area contributed by atoms with Gasteiger partial charge in [0.15, 0.2) is 5.58 Å². The highest BCUT2D eigenvalue weighted by molar-refractivity contribution is 5.84. The van der Waals surface area contributed by atoms with Crippen LogP contribution < -0.4 is 11.1 Å². The van der Waals surface area contributed by atoms with Gasteiger partial charge in [-0.2, -0.15) is 0 Å². The van der Waals surface area contributed by atoms with Gasteiger partial charge in [-0.05, 0) is 48.7 Å². The number of ether oxygens (including phenoxy) is 2. The molecule has 1 aliphatic heterocycles. The average molecular weight is 425 g/mol. The summed E-state index contributed by atoms with van der Waals surface area (Å²) in [6.07, 6.45) is 0.296. The van der Waals surface area contributed by atoms with Crippen LogP contribution in [0.2, 0.25) is 0 Å². The summed E-state index contributed by atoms with van der Waals surface area (Å²) in [5, 5.41) is 2.75. The summed E-state index contributed by atoms with van der Waals surface area (Å²) in [7, 11) is 0. The number of aryl methyl sites for hydroxylation is 1. The molecule has 8 nitrogen and oxygen atoms in total. The summed E-state index contributed by atoms with van der Waals surface area (Å²) in [6, 6.07) is 13.0. The van der Waals surface area contributed by atoms with E-state index >= 15 is 0 Å². The topological polar surface area (TPSA) is 85.9 Å². The van der Waals surface area contributed by atoms with Crippen LogP contribution in [0.3, 0.4) is 0 Å². The summed E-state index contributed by atoms with van der Waals surface area (Å²) in [5.41, 5.74) is 3.83. The van der Waals surface area contributed by atoms with Crippen molar-refractivity contribution >= 4 is 22.9 Å². The van der Waals surface area contributed by atoms with Crippen molar-refractivity contribution in [3.63, 3.8) is 0 Å². The Morgan fingerprint density at radius 2 is 2.00 bits per heavy atom. The quantitative estimate of drug-likeness (QED) is 0.585. The van der Waals surface area contributed by atoms with Crippen LogP contribution in [0.15, 0.2) is 51.7 Å². The molecule has 2 aromatic carbocycles. The highest BCUT2D eigenvalue weighted by atomic mass is 16.5. The van der Waals surface area contributed by atoms with Crippen LogP contribution in [0.4, 0.5) is 10.5 Å². The summed E-state index contributed by atoms with van der Waals surface area (Å²) in [4.78, 5) is 26.7. The number of nitrogens with zero attached hydrogens (tertiary/aromatic N) is 2. The van der Waals surface area contributed by atoms with Gasteiger partial charge in [0.2, 0.25) is 0 Å². The molecule has 0 aliphatic carbocycles. The number of amides is 1. The molecule has 4 rings (SSSR count). The van der Waals surface area contributed by atoms with Crippen LogP contribution in [0.1, 0.15) is 17.5 Å². The maximum absolute atomic E-state index is 12.3. The van der Waals surface area contributed by atoms with E-state index in [0.717, 1.165) is 55.9 Å². The molecule has 164 valence electrons. The summed E-state index contributed by atoms with van der Waals surface area (Å²) in [5.74, 6) is -0.404. The molecule has 1 N–H and O–H groups in total. The van der Waals surface area contributed by atoms with Crippen LogP contribution >= 0.6 is 0 Å². The van der Waals surface area contributed by atoms with Crippen molar-refractivity contribution in [1.29, 1.82) is 0 Å². The van der Waals surface area contributed by atoms with Crippen molar-refractivity contribution in [3.05, 3.63) is 64.1 Å². The second-order valence-corrected chi connectivity index (χ2v) is 7.69. The number of hydrogen-bond donors (Lipinski definition) is 1. The summed E-state index contributed by atoms with van der Waals surface area (Å²) >= 11 is 0. The predicted octanol–water partition coefficient (Wildman–Crippen LogP) is 3.22. The van der Waals surface area contributed by atoms with Gasteiger partial charge in [-0.15, -0.1) is 0 Å². The SMILES string of the molecule is Cc1ccc2c(c1)oc(=O)n2Cc1cccc(NC(=O)OCCCN2CCOCC2)c1. The van der Waals surface area contributed by atoms with E-state index < -0.39 is 11.8 Å². The van der Waals surface area contributed by atoms with Crippen molar-refractivity contribution in [2.45, 2.75) is 19.9 Å². The van der Waals surface area contributed by atoms with Crippen molar-refractivity contribution in [2.75, 3.05) is 44.8 Å². The fourth-order valence-corrected chi connectivity index (χ4v) is 3.69. The number of carbonyl (C=O) groups is 1. The van der Waals surface area contributed by atoms with Gasteiger partial charge in [0.25, 0.3) is 0 Å². The molecule has 1 amide bonds. The first kappa shape index (κ1) is 21.1. The zero-order chi connectivity index (χ0) is 21.6. The highest BCUT2D eigenvalue weighted by Gasteiger charge is 2.12. The van der Waals surface area contributed by atoms with Crippen molar-refractivity contribution in [3.8, 4) is 0 Å². The van der Waals surface area contributed by atoms with E-state index in [2.05, 4.69) is 10.2 Å². The van der Waals surface area contributed by atoms with Gasteiger partial charge < -0.3 is 13.9 Å². The zero-order valence-electron chi connectivity index (χ0n) is 17.6. The number of morpholine rings is 1.